The molecule has 0 aromatic heterocycles. The van der Waals surface area contributed by atoms with Gasteiger partial charge in [0.05, 0.1) is 0 Å². The molecule has 0 bridgehead atoms. The maximum absolute atomic E-state index is 10.1. The van der Waals surface area contributed by atoms with Crippen molar-refractivity contribution in [1.82, 2.24) is 4.90 Å². The minimum atomic E-state index is -0.847. The number of hydrogen-bond donors (Lipinski definition) is 1. The molecule has 44 valence electrons. The van der Waals surface area contributed by atoms with Crippen LogP contribution in [0.3, 0.4) is 0 Å². The number of hydrogen-bond acceptors (Lipinski definition) is 1. The van der Waals surface area contributed by atoms with Crippen molar-refractivity contribution in [1.29, 1.82) is 0 Å². The molecule has 4 heteroatoms. The molecule has 0 fully saturated rings. The summed E-state index contributed by atoms with van der Waals surface area (Å²) in [6.45, 7) is 0. The van der Waals surface area contributed by atoms with Crippen LogP contribution in [-0.2, 0) is 0 Å². The van der Waals surface area contributed by atoms with Gasteiger partial charge in [-0.3, -0.25) is 0 Å². The van der Waals surface area contributed by atoms with Gasteiger partial charge in [0.15, 0.2) is 0 Å². The van der Waals surface area contributed by atoms with E-state index in [0.29, 0.717) is 20.4 Å². The summed E-state index contributed by atoms with van der Waals surface area (Å²) in [5.74, 6) is 0. The van der Waals surface area contributed by atoms with E-state index in [9.17, 15) is 4.79 Å². The van der Waals surface area contributed by atoms with E-state index < -0.39 is 6.09 Å². The monoisotopic (exact) mass is 179 g/mol. The number of amides is 1. The van der Waals surface area contributed by atoms with Crippen LogP contribution in [0.15, 0.2) is 11.2 Å². The zero-order valence-corrected chi connectivity index (χ0v) is 5.79. The fourth-order valence-corrected chi connectivity index (χ4v) is 1.82. The van der Waals surface area contributed by atoms with Crippen molar-refractivity contribution >= 4 is 21.1 Å². The second kappa shape index (κ2) is 2.20. The molecule has 3 nitrogen and oxygen atoms in total. The molecule has 1 aliphatic heterocycles. The molecule has 0 aliphatic carbocycles. The Balaban J connectivity index is 2.48. The average Bonchev–Trinajstić information content (AvgIpc) is 2.12. The van der Waals surface area contributed by atoms with Crippen molar-refractivity contribution in [2.75, 3.05) is 5.44 Å². The minimum absolute atomic E-state index is 0.387. The topological polar surface area (TPSA) is 40.5 Å². The maximum atomic E-state index is 10.1. The number of rotatable bonds is 0. The molecule has 0 aromatic carbocycles. The first-order valence-corrected chi connectivity index (χ1v) is 4.28. The molecule has 1 N–H and O–H groups in total. The van der Waals surface area contributed by atoms with Gasteiger partial charge in [-0.25, -0.2) is 0 Å². The van der Waals surface area contributed by atoms with Crippen LogP contribution < -0.4 is 0 Å². The van der Waals surface area contributed by atoms with E-state index in [1.54, 1.807) is 6.20 Å². The third kappa shape index (κ3) is 1.02. The van der Waals surface area contributed by atoms with Crippen molar-refractivity contribution in [2.24, 2.45) is 0 Å². The normalized spacial score (nSPS) is 17.2. The Morgan fingerprint density at radius 1 is 1.88 bits per heavy atom. The van der Waals surface area contributed by atoms with Gasteiger partial charge in [0.25, 0.3) is 0 Å². The average molecular weight is 178 g/mol. The van der Waals surface area contributed by atoms with E-state index in [4.69, 9.17) is 5.11 Å². The van der Waals surface area contributed by atoms with Gasteiger partial charge >= 0.3 is 52.5 Å². The van der Waals surface area contributed by atoms with E-state index in [1.807, 2.05) is 4.97 Å². The standard InChI is InChI=1S/C4H5NO2Se/c6-4(7)5-1-2-8-3-5/h1-2H,3H2,(H,6,7). The summed E-state index contributed by atoms with van der Waals surface area (Å²) in [7, 11) is 0. The Morgan fingerprint density at radius 2 is 2.62 bits per heavy atom. The first kappa shape index (κ1) is 5.66. The predicted octanol–water partition coefficient (Wildman–Crippen LogP) is 0.113. The predicted molar refractivity (Wildman–Crippen MR) is 29.6 cm³/mol. The van der Waals surface area contributed by atoms with Crippen molar-refractivity contribution in [2.45, 2.75) is 0 Å². The van der Waals surface area contributed by atoms with Gasteiger partial charge < -0.3 is 0 Å². The summed E-state index contributed by atoms with van der Waals surface area (Å²) in [6.07, 6.45) is 0.767. The van der Waals surface area contributed by atoms with Crippen LogP contribution in [0.4, 0.5) is 4.79 Å². The van der Waals surface area contributed by atoms with Gasteiger partial charge in [-0.1, -0.05) is 0 Å². The van der Waals surface area contributed by atoms with Gasteiger partial charge in [0.2, 0.25) is 0 Å². The van der Waals surface area contributed by atoms with Crippen molar-refractivity contribution in [3.8, 4) is 0 Å². The van der Waals surface area contributed by atoms with Crippen LogP contribution in [0.1, 0.15) is 0 Å². The summed E-state index contributed by atoms with van der Waals surface area (Å²) in [5.41, 5.74) is 0.683. The molecule has 1 amide bonds. The number of carbonyl (C=O) groups is 1. The fourth-order valence-electron chi connectivity index (χ4n) is 0.402. The number of nitrogens with zero attached hydrogens (tertiary/aromatic N) is 1. The fraction of sp³-hybridized carbons (Fsp3) is 0.250. The Hall–Kier alpha value is -0.471. The Morgan fingerprint density at radius 3 is 2.88 bits per heavy atom. The van der Waals surface area contributed by atoms with E-state index in [-0.39, 0.29) is 0 Å². The van der Waals surface area contributed by atoms with Crippen LogP contribution in [0, 0.1) is 0 Å². The molecule has 0 atom stereocenters. The van der Waals surface area contributed by atoms with Crippen LogP contribution >= 0.6 is 0 Å². The molecule has 0 saturated heterocycles. The molecular formula is C4H5NO2Se. The van der Waals surface area contributed by atoms with E-state index >= 15 is 0 Å². The summed E-state index contributed by atoms with van der Waals surface area (Å²) >= 11 is 0.387. The van der Waals surface area contributed by atoms with E-state index in [0.717, 1.165) is 0 Å². The summed E-state index contributed by atoms with van der Waals surface area (Å²) in [6, 6.07) is 0. The van der Waals surface area contributed by atoms with Crippen molar-refractivity contribution < 1.29 is 9.90 Å². The first-order chi connectivity index (χ1) is 3.80. The molecule has 0 saturated carbocycles. The third-order valence-corrected chi connectivity index (χ3v) is 2.35. The molecule has 0 radical (unpaired) electrons. The summed E-state index contributed by atoms with van der Waals surface area (Å²) < 4.78 is 0. The van der Waals surface area contributed by atoms with Crippen LogP contribution in [0.2, 0.25) is 0 Å². The molecule has 0 aromatic rings. The summed E-state index contributed by atoms with van der Waals surface area (Å²) in [4.78, 5) is 13.3. The van der Waals surface area contributed by atoms with Gasteiger partial charge in [-0.15, -0.1) is 0 Å². The Labute approximate surface area is 53.1 Å². The van der Waals surface area contributed by atoms with Crippen LogP contribution in [0.5, 0.6) is 0 Å². The van der Waals surface area contributed by atoms with Gasteiger partial charge in [0.1, 0.15) is 0 Å². The second-order valence-corrected chi connectivity index (χ2v) is 3.15. The van der Waals surface area contributed by atoms with Gasteiger partial charge in [0, 0.05) is 0 Å². The molecule has 0 unspecified atom stereocenters. The summed E-state index contributed by atoms with van der Waals surface area (Å²) in [5, 5.41) is 8.30. The molecule has 1 heterocycles. The molecule has 1 aliphatic rings. The first-order valence-electron chi connectivity index (χ1n) is 2.08. The molecule has 1 rings (SSSR count). The van der Waals surface area contributed by atoms with Gasteiger partial charge in [-0.2, -0.15) is 0 Å². The van der Waals surface area contributed by atoms with E-state index in [1.165, 1.54) is 4.90 Å². The van der Waals surface area contributed by atoms with Crippen molar-refractivity contribution in [3.05, 3.63) is 11.2 Å². The van der Waals surface area contributed by atoms with Crippen LogP contribution in [0.25, 0.3) is 0 Å². The zero-order valence-electron chi connectivity index (χ0n) is 4.07. The third-order valence-electron chi connectivity index (χ3n) is 0.796. The van der Waals surface area contributed by atoms with Crippen LogP contribution in [-0.4, -0.2) is 36.5 Å². The zero-order chi connectivity index (χ0) is 5.98. The second-order valence-electron chi connectivity index (χ2n) is 1.33. The Kier molecular flexibility index (Phi) is 1.56. The molecule has 8 heavy (non-hydrogen) atoms. The van der Waals surface area contributed by atoms with Gasteiger partial charge in [-0.05, 0) is 0 Å². The molecular weight excluding hydrogens is 173 g/mol. The quantitative estimate of drug-likeness (QED) is 0.535. The number of carboxylic acid groups (broad SMARTS) is 1. The Bertz CT molecular complexity index is 134. The van der Waals surface area contributed by atoms with E-state index in [2.05, 4.69) is 0 Å². The molecule has 0 spiro atoms. The van der Waals surface area contributed by atoms with Crippen molar-refractivity contribution in [3.63, 3.8) is 0 Å². The SMILES string of the molecule is O=C(O)N1C=C[Se]C1.